The normalized spacial score (nSPS) is 11.5. The number of nitrogens with two attached hydrogens (primary N) is 1. The molecule has 15 heavy (non-hydrogen) atoms. The van der Waals surface area contributed by atoms with Crippen molar-refractivity contribution >= 4 is 5.78 Å². The van der Waals surface area contributed by atoms with E-state index in [1.807, 2.05) is 36.4 Å². The van der Waals surface area contributed by atoms with E-state index in [-0.39, 0.29) is 5.78 Å². The quantitative estimate of drug-likeness (QED) is 0.590. The Hall–Kier alpha value is -1.41. The molecule has 0 unspecified atom stereocenters. The fraction of sp³-hybridized carbons (Fsp3) is 0.308. The average Bonchev–Trinajstić information content (AvgIpc) is 2.31. The van der Waals surface area contributed by atoms with Gasteiger partial charge in [-0.15, -0.1) is 0 Å². The number of carbonyl (C=O) groups is 1. The van der Waals surface area contributed by atoms with Gasteiger partial charge in [-0.05, 0) is 6.42 Å². The SMILES string of the molecule is CCCC=C(CN)C(=O)c1ccccc1. The first-order chi connectivity index (χ1) is 7.29. The van der Waals surface area contributed by atoms with Gasteiger partial charge in [-0.25, -0.2) is 0 Å². The molecule has 0 saturated heterocycles. The summed E-state index contributed by atoms with van der Waals surface area (Å²) in [6.45, 7) is 2.39. The highest BCUT2D eigenvalue weighted by atomic mass is 16.1. The second-order valence-electron chi connectivity index (χ2n) is 3.42. The molecule has 0 aromatic heterocycles. The van der Waals surface area contributed by atoms with Crippen molar-refractivity contribution in [1.29, 1.82) is 0 Å². The lowest BCUT2D eigenvalue weighted by atomic mass is 10.0. The van der Waals surface area contributed by atoms with Crippen LogP contribution in [0.4, 0.5) is 0 Å². The van der Waals surface area contributed by atoms with Gasteiger partial charge in [-0.1, -0.05) is 49.8 Å². The summed E-state index contributed by atoms with van der Waals surface area (Å²) in [5.74, 6) is 0.0477. The highest BCUT2D eigenvalue weighted by molar-refractivity contribution is 6.08. The molecule has 0 saturated carbocycles. The van der Waals surface area contributed by atoms with Crippen molar-refractivity contribution in [2.45, 2.75) is 19.8 Å². The zero-order valence-electron chi connectivity index (χ0n) is 9.07. The molecule has 0 atom stereocenters. The summed E-state index contributed by atoms with van der Waals surface area (Å²) in [4.78, 5) is 11.9. The summed E-state index contributed by atoms with van der Waals surface area (Å²) >= 11 is 0. The highest BCUT2D eigenvalue weighted by Gasteiger charge is 2.09. The zero-order valence-corrected chi connectivity index (χ0v) is 9.07. The molecule has 0 fully saturated rings. The van der Waals surface area contributed by atoms with Crippen molar-refractivity contribution in [1.82, 2.24) is 0 Å². The van der Waals surface area contributed by atoms with Crippen LogP contribution >= 0.6 is 0 Å². The number of hydrogen-bond donors (Lipinski definition) is 1. The van der Waals surface area contributed by atoms with Gasteiger partial charge in [0.2, 0.25) is 0 Å². The molecule has 0 aliphatic rings. The van der Waals surface area contributed by atoms with E-state index in [0.717, 1.165) is 12.8 Å². The van der Waals surface area contributed by atoms with Crippen LogP contribution in [0.1, 0.15) is 30.1 Å². The van der Waals surface area contributed by atoms with Gasteiger partial charge in [0.1, 0.15) is 0 Å². The predicted octanol–water partition coefficient (Wildman–Crippen LogP) is 2.55. The molecule has 0 spiro atoms. The molecule has 0 radical (unpaired) electrons. The molecule has 0 aliphatic heterocycles. The Bertz CT molecular complexity index is 341. The van der Waals surface area contributed by atoms with Crippen LogP contribution in [0.25, 0.3) is 0 Å². The molecule has 0 aliphatic carbocycles. The molecule has 0 amide bonds. The van der Waals surface area contributed by atoms with Gasteiger partial charge in [-0.2, -0.15) is 0 Å². The third-order valence-corrected chi connectivity index (χ3v) is 2.23. The number of allylic oxidation sites excluding steroid dienone is 1. The summed E-state index contributed by atoms with van der Waals surface area (Å²) < 4.78 is 0. The van der Waals surface area contributed by atoms with Gasteiger partial charge in [0.05, 0.1) is 0 Å². The minimum absolute atomic E-state index is 0.0477. The van der Waals surface area contributed by atoms with Crippen LogP contribution in [0.2, 0.25) is 0 Å². The van der Waals surface area contributed by atoms with E-state index in [4.69, 9.17) is 5.73 Å². The number of unbranched alkanes of at least 4 members (excludes halogenated alkanes) is 1. The Morgan fingerprint density at radius 1 is 1.33 bits per heavy atom. The summed E-state index contributed by atoms with van der Waals surface area (Å²) in [7, 11) is 0. The van der Waals surface area contributed by atoms with Crippen LogP contribution in [0.5, 0.6) is 0 Å². The van der Waals surface area contributed by atoms with Crippen LogP contribution in [-0.2, 0) is 0 Å². The summed E-state index contributed by atoms with van der Waals surface area (Å²) in [5, 5.41) is 0. The summed E-state index contributed by atoms with van der Waals surface area (Å²) in [5.41, 5.74) is 6.99. The number of carbonyl (C=O) groups excluding carboxylic acids is 1. The first kappa shape index (κ1) is 11.7. The van der Waals surface area contributed by atoms with Gasteiger partial charge in [-0.3, -0.25) is 4.79 Å². The lowest BCUT2D eigenvalue weighted by Crippen LogP contribution is -2.13. The second kappa shape index (κ2) is 6.14. The summed E-state index contributed by atoms with van der Waals surface area (Å²) in [6.07, 6.45) is 3.88. The number of hydrogen-bond acceptors (Lipinski definition) is 2. The van der Waals surface area contributed by atoms with E-state index in [1.165, 1.54) is 0 Å². The molecule has 1 aromatic carbocycles. The molecule has 80 valence electrons. The number of benzene rings is 1. The lowest BCUT2D eigenvalue weighted by Gasteiger charge is -2.03. The Balaban J connectivity index is 2.83. The van der Waals surface area contributed by atoms with Crippen molar-refractivity contribution in [3.63, 3.8) is 0 Å². The predicted molar refractivity (Wildman–Crippen MR) is 62.8 cm³/mol. The van der Waals surface area contributed by atoms with Crippen LogP contribution in [-0.4, -0.2) is 12.3 Å². The maximum atomic E-state index is 11.9. The lowest BCUT2D eigenvalue weighted by molar-refractivity contribution is 0.103. The van der Waals surface area contributed by atoms with Crippen LogP contribution in [0.15, 0.2) is 42.0 Å². The topological polar surface area (TPSA) is 43.1 Å². The molecular weight excluding hydrogens is 186 g/mol. The Morgan fingerprint density at radius 3 is 2.53 bits per heavy atom. The molecule has 0 bridgehead atoms. The third-order valence-electron chi connectivity index (χ3n) is 2.23. The van der Waals surface area contributed by atoms with E-state index in [9.17, 15) is 4.79 Å². The highest BCUT2D eigenvalue weighted by Crippen LogP contribution is 2.08. The van der Waals surface area contributed by atoms with Crippen LogP contribution in [0.3, 0.4) is 0 Å². The number of ketones is 1. The van der Waals surface area contributed by atoms with E-state index in [0.29, 0.717) is 17.7 Å². The van der Waals surface area contributed by atoms with E-state index in [1.54, 1.807) is 0 Å². The van der Waals surface area contributed by atoms with Gasteiger partial charge < -0.3 is 5.73 Å². The van der Waals surface area contributed by atoms with E-state index >= 15 is 0 Å². The second-order valence-corrected chi connectivity index (χ2v) is 3.42. The molecular formula is C13H17NO. The van der Waals surface area contributed by atoms with E-state index in [2.05, 4.69) is 6.92 Å². The molecule has 2 nitrogen and oxygen atoms in total. The summed E-state index contributed by atoms with van der Waals surface area (Å²) in [6, 6.07) is 9.26. The Kier molecular flexibility index (Phi) is 4.78. The third kappa shape index (κ3) is 3.33. The number of rotatable bonds is 5. The van der Waals surface area contributed by atoms with Crippen molar-refractivity contribution in [3.8, 4) is 0 Å². The van der Waals surface area contributed by atoms with Crippen molar-refractivity contribution < 1.29 is 4.79 Å². The Labute approximate surface area is 90.8 Å². The Morgan fingerprint density at radius 2 is 2.00 bits per heavy atom. The van der Waals surface area contributed by atoms with Gasteiger partial charge >= 0.3 is 0 Å². The monoisotopic (exact) mass is 203 g/mol. The minimum Gasteiger partial charge on any atom is -0.326 e. The maximum Gasteiger partial charge on any atom is 0.189 e. The van der Waals surface area contributed by atoms with Crippen molar-refractivity contribution in [3.05, 3.63) is 47.5 Å². The van der Waals surface area contributed by atoms with Crippen molar-refractivity contribution in [2.24, 2.45) is 5.73 Å². The van der Waals surface area contributed by atoms with Gasteiger partial charge in [0.25, 0.3) is 0 Å². The molecule has 0 heterocycles. The first-order valence-electron chi connectivity index (χ1n) is 5.28. The zero-order chi connectivity index (χ0) is 11.1. The van der Waals surface area contributed by atoms with E-state index < -0.39 is 0 Å². The molecule has 1 rings (SSSR count). The van der Waals surface area contributed by atoms with Crippen LogP contribution < -0.4 is 5.73 Å². The maximum absolute atomic E-state index is 11.9. The molecule has 2 N–H and O–H groups in total. The fourth-order valence-corrected chi connectivity index (χ4v) is 1.36. The molecule has 2 heteroatoms. The van der Waals surface area contributed by atoms with Gasteiger partial charge in [0, 0.05) is 17.7 Å². The van der Waals surface area contributed by atoms with Gasteiger partial charge in [0.15, 0.2) is 5.78 Å². The molecule has 1 aromatic rings. The fourth-order valence-electron chi connectivity index (χ4n) is 1.36. The first-order valence-corrected chi connectivity index (χ1v) is 5.28. The average molecular weight is 203 g/mol. The standard InChI is InChI=1S/C13H17NO/c1-2-3-7-12(10-14)13(15)11-8-5-4-6-9-11/h4-9H,2-3,10,14H2,1H3. The number of Topliss-reactive ketones (excluding diaryl/α,β-unsaturated/α-hetero) is 1. The smallest absolute Gasteiger partial charge is 0.189 e. The minimum atomic E-state index is 0.0477. The largest absolute Gasteiger partial charge is 0.326 e. The van der Waals surface area contributed by atoms with Crippen LogP contribution in [0, 0.1) is 0 Å². The van der Waals surface area contributed by atoms with Crippen molar-refractivity contribution in [2.75, 3.05) is 6.54 Å².